The molecule has 2 heterocycles. The van der Waals surface area contributed by atoms with Gasteiger partial charge < -0.3 is 4.90 Å². The number of piperazine rings is 1. The highest BCUT2D eigenvalue weighted by Gasteiger charge is 2.30. The molecule has 6 heteroatoms. The molecule has 1 fully saturated rings. The smallest absolute Gasteiger partial charge is 0.354 e. The summed E-state index contributed by atoms with van der Waals surface area (Å²) in [4.78, 5) is 9.19. The molecule has 0 unspecified atom stereocenters. The molecule has 1 aliphatic rings. The monoisotopic (exact) mass is 349 g/mol. The molecule has 0 spiro atoms. The molecule has 0 bridgehead atoms. The zero-order chi connectivity index (χ0) is 18.0. The van der Waals surface area contributed by atoms with Crippen molar-refractivity contribution in [2.24, 2.45) is 0 Å². The first-order valence-corrected chi connectivity index (χ1v) is 8.47. The number of rotatable bonds is 3. The van der Waals surface area contributed by atoms with Crippen LogP contribution < -0.4 is 4.90 Å². The molecule has 1 aliphatic heterocycles. The van der Waals surface area contributed by atoms with E-state index in [0.29, 0.717) is 6.04 Å². The first-order valence-electron chi connectivity index (χ1n) is 8.47. The van der Waals surface area contributed by atoms with Crippen molar-refractivity contribution in [3.63, 3.8) is 0 Å². The van der Waals surface area contributed by atoms with Gasteiger partial charge in [0.15, 0.2) is 0 Å². The fourth-order valence-electron chi connectivity index (χ4n) is 3.06. The minimum atomic E-state index is -4.31. The maximum absolute atomic E-state index is 12.6. The molecule has 0 amide bonds. The molecule has 134 valence electrons. The van der Waals surface area contributed by atoms with Gasteiger partial charge in [-0.05, 0) is 43.7 Å². The first-order chi connectivity index (χ1) is 11.8. The largest absolute Gasteiger partial charge is 0.416 e. The maximum atomic E-state index is 12.6. The van der Waals surface area contributed by atoms with Crippen molar-refractivity contribution >= 4 is 5.82 Å². The van der Waals surface area contributed by atoms with E-state index in [0.717, 1.165) is 55.3 Å². The van der Waals surface area contributed by atoms with Gasteiger partial charge in [-0.3, -0.25) is 4.90 Å². The van der Waals surface area contributed by atoms with Crippen molar-refractivity contribution in [3.8, 4) is 11.1 Å². The molecule has 1 aromatic carbocycles. The van der Waals surface area contributed by atoms with Crippen LogP contribution in [0.1, 0.15) is 19.4 Å². The third-order valence-corrected chi connectivity index (χ3v) is 4.66. The molecule has 0 radical (unpaired) electrons. The molecule has 1 aromatic heterocycles. The van der Waals surface area contributed by atoms with Gasteiger partial charge in [-0.15, -0.1) is 0 Å². The van der Waals surface area contributed by atoms with E-state index in [4.69, 9.17) is 0 Å². The number of aromatic nitrogens is 1. The van der Waals surface area contributed by atoms with Crippen LogP contribution >= 0.6 is 0 Å². The molecule has 0 saturated carbocycles. The Morgan fingerprint density at radius 1 is 0.880 bits per heavy atom. The van der Waals surface area contributed by atoms with Gasteiger partial charge in [0.05, 0.1) is 5.56 Å². The highest BCUT2D eigenvalue weighted by atomic mass is 19.4. The highest BCUT2D eigenvalue weighted by Crippen LogP contribution is 2.31. The Bertz CT molecular complexity index is 685. The summed E-state index contributed by atoms with van der Waals surface area (Å²) in [6.07, 6.45) is -2.58. The van der Waals surface area contributed by atoms with Crippen LogP contribution in [0.5, 0.6) is 0 Å². The Balaban J connectivity index is 1.68. The molecule has 0 aliphatic carbocycles. The number of hydrogen-bond acceptors (Lipinski definition) is 3. The predicted octanol–water partition coefficient (Wildman–Crippen LogP) is 4.30. The second kappa shape index (κ2) is 7.04. The van der Waals surface area contributed by atoms with E-state index in [9.17, 15) is 13.2 Å². The Hall–Kier alpha value is -2.08. The summed E-state index contributed by atoms with van der Waals surface area (Å²) in [6.45, 7) is 8.30. The van der Waals surface area contributed by atoms with Gasteiger partial charge in [0.1, 0.15) is 5.82 Å². The maximum Gasteiger partial charge on any atom is 0.416 e. The molecule has 0 atom stereocenters. The number of benzene rings is 1. The molecule has 1 saturated heterocycles. The van der Waals surface area contributed by atoms with Gasteiger partial charge >= 0.3 is 6.18 Å². The topological polar surface area (TPSA) is 19.4 Å². The summed E-state index contributed by atoms with van der Waals surface area (Å²) in [5.41, 5.74) is 0.916. The molecule has 2 aromatic rings. The first kappa shape index (κ1) is 17.7. The van der Waals surface area contributed by atoms with Crippen molar-refractivity contribution in [2.45, 2.75) is 26.1 Å². The Labute approximate surface area is 146 Å². The molecule has 0 N–H and O–H groups in total. The van der Waals surface area contributed by atoms with Crippen molar-refractivity contribution in [1.82, 2.24) is 9.88 Å². The van der Waals surface area contributed by atoms with Crippen LogP contribution in [0.3, 0.4) is 0 Å². The van der Waals surface area contributed by atoms with Crippen molar-refractivity contribution in [3.05, 3.63) is 48.2 Å². The van der Waals surface area contributed by atoms with Gasteiger partial charge in [-0.25, -0.2) is 4.98 Å². The van der Waals surface area contributed by atoms with Crippen LogP contribution in [0.25, 0.3) is 11.1 Å². The zero-order valence-electron chi connectivity index (χ0n) is 14.4. The third-order valence-electron chi connectivity index (χ3n) is 4.66. The van der Waals surface area contributed by atoms with Crippen LogP contribution in [0, 0.1) is 0 Å². The minimum Gasteiger partial charge on any atom is -0.354 e. The third kappa shape index (κ3) is 4.12. The fourth-order valence-corrected chi connectivity index (χ4v) is 3.06. The molecular formula is C19H22F3N3. The average Bonchev–Trinajstić information content (AvgIpc) is 2.61. The zero-order valence-corrected chi connectivity index (χ0v) is 14.4. The lowest BCUT2D eigenvalue weighted by molar-refractivity contribution is -0.137. The van der Waals surface area contributed by atoms with Crippen LogP contribution in [0.2, 0.25) is 0 Å². The number of halogens is 3. The van der Waals surface area contributed by atoms with Gasteiger partial charge in [-0.1, -0.05) is 12.1 Å². The van der Waals surface area contributed by atoms with E-state index in [2.05, 4.69) is 28.6 Å². The van der Waals surface area contributed by atoms with Crippen molar-refractivity contribution in [2.75, 3.05) is 31.1 Å². The molecule has 3 nitrogen and oxygen atoms in total. The van der Waals surface area contributed by atoms with Crippen LogP contribution in [0.4, 0.5) is 19.0 Å². The Morgan fingerprint density at radius 3 is 1.96 bits per heavy atom. The molecular weight excluding hydrogens is 327 g/mol. The number of anilines is 1. The van der Waals surface area contributed by atoms with Gasteiger partial charge in [-0.2, -0.15) is 13.2 Å². The van der Waals surface area contributed by atoms with Crippen LogP contribution in [0.15, 0.2) is 42.6 Å². The van der Waals surface area contributed by atoms with Crippen molar-refractivity contribution in [1.29, 1.82) is 0 Å². The lowest BCUT2D eigenvalue weighted by atomic mass is 10.1. The van der Waals surface area contributed by atoms with E-state index in [-0.39, 0.29) is 0 Å². The Morgan fingerprint density at radius 2 is 1.48 bits per heavy atom. The minimum absolute atomic E-state index is 0.553. The molecule has 25 heavy (non-hydrogen) atoms. The standard InChI is InChI=1S/C19H22F3N3/c1-14(2)24-9-11-25(12-10-24)18-8-5-16(13-23-18)15-3-6-17(7-4-15)19(20,21)22/h3-8,13-14H,9-12H2,1-2H3. The van der Waals surface area contributed by atoms with Gasteiger partial charge in [0.25, 0.3) is 0 Å². The predicted molar refractivity (Wildman–Crippen MR) is 93.6 cm³/mol. The molecule has 3 rings (SSSR count). The summed E-state index contributed by atoms with van der Waals surface area (Å²) in [7, 11) is 0. The van der Waals surface area contributed by atoms with E-state index < -0.39 is 11.7 Å². The van der Waals surface area contributed by atoms with Gasteiger partial charge in [0, 0.05) is 44.0 Å². The Kier molecular flexibility index (Phi) is 4.99. The van der Waals surface area contributed by atoms with Gasteiger partial charge in [0.2, 0.25) is 0 Å². The quantitative estimate of drug-likeness (QED) is 0.824. The fraction of sp³-hybridized carbons (Fsp3) is 0.421. The summed E-state index contributed by atoms with van der Waals surface area (Å²) < 4.78 is 37.9. The van der Waals surface area contributed by atoms with Crippen LogP contribution in [-0.4, -0.2) is 42.1 Å². The summed E-state index contributed by atoms with van der Waals surface area (Å²) >= 11 is 0. The van der Waals surface area contributed by atoms with Crippen LogP contribution in [-0.2, 0) is 6.18 Å². The second-order valence-electron chi connectivity index (χ2n) is 6.60. The van der Waals surface area contributed by atoms with E-state index in [1.807, 2.05) is 12.1 Å². The van der Waals surface area contributed by atoms with Crippen molar-refractivity contribution < 1.29 is 13.2 Å². The lowest BCUT2D eigenvalue weighted by Crippen LogP contribution is -2.49. The average molecular weight is 349 g/mol. The summed E-state index contributed by atoms with van der Waals surface area (Å²) in [6, 6.07) is 9.60. The normalized spacial score (nSPS) is 16.5. The number of hydrogen-bond donors (Lipinski definition) is 0. The second-order valence-corrected chi connectivity index (χ2v) is 6.60. The SMILES string of the molecule is CC(C)N1CCN(c2ccc(-c3ccc(C(F)(F)F)cc3)cn2)CC1. The summed E-state index contributed by atoms with van der Waals surface area (Å²) in [5.74, 6) is 0.916. The van der Waals surface area contributed by atoms with E-state index in [1.165, 1.54) is 12.1 Å². The van der Waals surface area contributed by atoms with E-state index >= 15 is 0 Å². The number of nitrogens with zero attached hydrogens (tertiary/aromatic N) is 3. The number of pyridine rings is 1. The lowest BCUT2D eigenvalue weighted by Gasteiger charge is -2.37. The number of alkyl halides is 3. The highest BCUT2D eigenvalue weighted by molar-refractivity contribution is 5.64. The van der Waals surface area contributed by atoms with E-state index in [1.54, 1.807) is 6.20 Å². The summed E-state index contributed by atoms with van der Waals surface area (Å²) in [5, 5.41) is 0.